The van der Waals surface area contributed by atoms with Crippen LogP contribution in [0.5, 0.6) is 0 Å². The van der Waals surface area contributed by atoms with Crippen LogP contribution in [-0.2, 0) is 0 Å². The van der Waals surface area contributed by atoms with Gasteiger partial charge in [-0.05, 0) is 49.9 Å². The van der Waals surface area contributed by atoms with Crippen LogP contribution in [0.15, 0.2) is 52.3 Å². The molecule has 0 spiro atoms. The molecule has 0 aromatic heterocycles. The maximum absolute atomic E-state index is 13.3. The molecule has 204 valence electrons. The minimum absolute atomic E-state index is 0.0221. The van der Waals surface area contributed by atoms with E-state index in [0.29, 0.717) is 22.3 Å². The number of amides is 4. The van der Waals surface area contributed by atoms with Gasteiger partial charge in [0.15, 0.2) is 0 Å². The second kappa shape index (κ2) is 9.71. The highest BCUT2D eigenvalue weighted by Crippen LogP contribution is 2.62. The first kappa shape index (κ1) is 25.6. The van der Waals surface area contributed by atoms with E-state index in [-0.39, 0.29) is 35.7 Å². The number of thioether (sulfide) groups is 4. The van der Waals surface area contributed by atoms with Crippen LogP contribution in [0, 0.1) is 0 Å². The van der Waals surface area contributed by atoms with Crippen LogP contribution >= 0.6 is 47.0 Å². The number of benzene rings is 2. The Morgan fingerprint density at radius 2 is 0.725 bits per heavy atom. The third-order valence-electron chi connectivity index (χ3n) is 8.82. The zero-order valence-corrected chi connectivity index (χ0v) is 25.0. The van der Waals surface area contributed by atoms with Crippen molar-refractivity contribution in [1.29, 1.82) is 0 Å². The summed E-state index contributed by atoms with van der Waals surface area (Å²) in [5.41, 5.74) is 2.11. The van der Waals surface area contributed by atoms with Gasteiger partial charge in [0.25, 0.3) is 23.6 Å². The first-order chi connectivity index (χ1) is 19.5. The van der Waals surface area contributed by atoms with Crippen molar-refractivity contribution in [3.63, 3.8) is 0 Å². The molecule has 40 heavy (non-hydrogen) atoms. The largest absolute Gasteiger partial charge is 0.271 e. The zero-order chi connectivity index (χ0) is 27.1. The Morgan fingerprint density at radius 3 is 1.00 bits per heavy atom. The highest BCUT2D eigenvalue weighted by molar-refractivity contribution is 8.30. The minimum Gasteiger partial charge on any atom is -0.271 e. The number of rotatable bonds is 2. The molecule has 4 aliphatic heterocycles. The molecular formula is C30H26N2O4S4. The van der Waals surface area contributed by atoms with Gasteiger partial charge in [0, 0.05) is 31.7 Å². The summed E-state index contributed by atoms with van der Waals surface area (Å²) in [7, 11) is 0. The molecule has 0 atom stereocenters. The molecule has 0 bridgehead atoms. The van der Waals surface area contributed by atoms with Gasteiger partial charge < -0.3 is 0 Å². The molecule has 0 radical (unpaired) electrons. The van der Waals surface area contributed by atoms with Crippen molar-refractivity contribution in [2.24, 2.45) is 0 Å². The monoisotopic (exact) mass is 606 g/mol. The molecule has 6 aliphatic rings. The molecule has 6 nitrogen and oxygen atoms in total. The Labute approximate surface area is 249 Å². The second-order valence-corrected chi connectivity index (χ2v) is 15.9. The normalized spacial score (nSPS) is 22.9. The van der Waals surface area contributed by atoms with Crippen LogP contribution < -0.4 is 0 Å². The van der Waals surface area contributed by atoms with Gasteiger partial charge in [-0.3, -0.25) is 29.0 Å². The third-order valence-corrected chi connectivity index (χ3v) is 14.4. The maximum atomic E-state index is 13.3. The van der Waals surface area contributed by atoms with Gasteiger partial charge in [-0.15, -0.1) is 0 Å². The highest BCUT2D eigenvalue weighted by Gasteiger charge is 2.44. The van der Waals surface area contributed by atoms with Crippen molar-refractivity contribution in [3.8, 4) is 0 Å². The quantitative estimate of drug-likeness (QED) is 0.321. The Hall–Kier alpha value is -2.14. The fraction of sp³-hybridized carbons (Fsp3) is 0.400. The van der Waals surface area contributed by atoms with Crippen LogP contribution in [0.25, 0.3) is 0 Å². The van der Waals surface area contributed by atoms with Crippen LogP contribution in [0.2, 0.25) is 0 Å². The fourth-order valence-corrected chi connectivity index (χ4v) is 12.2. The van der Waals surface area contributed by atoms with Crippen LogP contribution in [0.1, 0.15) is 106 Å². The fourth-order valence-electron chi connectivity index (χ4n) is 6.80. The summed E-state index contributed by atoms with van der Waals surface area (Å²) in [5, 5.41) is 0. The van der Waals surface area contributed by atoms with Crippen molar-refractivity contribution in [1.82, 2.24) is 9.80 Å². The standard InChI is InChI=1S/C30H26N2O4S4/c33-25-17-11-21-22(12-18(17)26(34)31(25)15-7-3-1-4-8-15)38-29(37-21)30-39-23-13-19-20(14-24(23)40-30)28(36)32(27(19)35)16-9-5-2-6-10-16/h11-16H,1-10H2. The number of imide groups is 2. The van der Waals surface area contributed by atoms with E-state index < -0.39 is 0 Å². The smallest absolute Gasteiger partial charge is 0.261 e. The predicted molar refractivity (Wildman–Crippen MR) is 158 cm³/mol. The number of carbonyl (C=O) groups excluding carboxylic acids is 4. The lowest BCUT2D eigenvalue weighted by molar-refractivity contribution is 0.0533. The molecule has 0 unspecified atom stereocenters. The Kier molecular flexibility index (Phi) is 6.21. The lowest BCUT2D eigenvalue weighted by Gasteiger charge is -2.29. The van der Waals surface area contributed by atoms with Crippen LogP contribution in [-0.4, -0.2) is 45.5 Å². The van der Waals surface area contributed by atoms with E-state index in [2.05, 4.69) is 0 Å². The molecule has 0 N–H and O–H groups in total. The summed E-state index contributed by atoms with van der Waals surface area (Å²) in [6, 6.07) is 7.66. The molecule has 0 saturated heterocycles. The minimum atomic E-state index is -0.149. The number of carbonyl (C=O) groups is 4. The van der Waals surface area contributed by atoms with E-state index in [1.165, 1.54) is 22.6 Å². The molecule has 4 heterocycles. The van der Waals surface area contributed by atoms with Gasteiger partial charge in [-0.2, -0.15) is 0 Å². The van der Waals surface area contributed by atoms with Crippen LogP contribution in [0.3, 0.4) is 0 Å². The Bertz CT molecular complexity index is 1360. The van der Waals surface area contributed by atoms with E-state index in [9.17, 15) is 19.2 Å². The number of hydrogen-bond donors (Lipinski definition) is 0. The van der Waals surface area contributed by atoms with Gasteiger partial charge in [0.05, 0.1) is 30.7 Å². The van der Waals surface area contributed by atoms with Gasteiger partial charge in [0.1, 0.15) is 0 Å². The number of hydrogen-bond acceptors (Lipinski definition) is 8. The second-order valence-electron chi connectivity index (χ2n) is 11.2. The molecule has 4 amide bonds. The van der Waals surface area contributed by atoms with E-state index in [0.717, 1.165) is 79.4 Å². The lowest BCUT2D eigenvalue weighted by Crippen LogP contribution is -2.40. The topological polar surface area (TPSA) is 74.8 Å². The van der Waals surface area contributed by atoms with Crippen molar-refractivity contribution in [2.75, 3.05) is 0 Å². The SMILES string of the molecule is O=C1c2cc3c(cc2C(=O)N1C1CCCCC1)SC(=C1Sc2cc4c(cc2S1)C(=O)N(C1CCCCC1)C4=O)S3. The predicted octanol–water partition coefficient (Wildman–Crippen LogP) is 7.77. The summed E-state index contributed by atoms with van der Waals surface area (Å²) in [6.45, 7) is 0. The Balaban J connectivity index is 1.04. The first-order valence-electron chi connectivity index (χ1n) is 14.1. The van der Waals surface area contributed by atoms with Gasteiger partial charge in [-0.1, -0.05) is 85.6 Å². The summed E-state index contributed by atoms with van der Waals surface area (Å²) in [5.74, 6) is -0.594. The molecule has 2 fully saturated rings. The molecule has 2 aliphatic carbocycles. The molecule has 2 aromatic carbocycles. The van der Waals surface area contributed by atoms with Crippen LogP contribution in [0.4, 0.5) is 0 Å². The van der Waals surface area contributed by atoms with Gasteiger partial charge in [-0.25, -0.2) is 0 Å². The average Bonchev–Trinajstić information content (AvgIpc) is 3.70. The first-order valence-corrected chi connectivity index (χ1v) is 17.3. The molecule has 8 rings (SSSR count). The van der Waals surface area contributed by atoms with Gasteiger partial charge >= 0.3 is 0 Å². The summed E-state index contributed by atoms with van der Waals surface area (Å²) in [4.78, 5) is 60.2. The van der Waals surface area contributed by atoms with E-state index >= 15 is 0 Å². The zero-order valence-electron chi connectivity index (χ0n) is 21.7. The molecule has 10 heteroatoms. The van der Waals surface area contributed by atoms with E-state index in [1.54, 1.807) is 47.0 Å². The highest BCUT2D eigenvalue weighted by atomic mass is 32.2. The lowest BCUT2D eigenvalue weighted by atomic mass is 9.94. The van der Waals surface area contributed by atoms with E-state index in [1.807, 2.05) is 24.3 Å². The number of nitrogens with zero attached hydrogens (tertiary/aromatic N) is 2. The summed E-state index contributed by atoms with van der Waals surface area (Å²) < 4.78 is 2.21. The average molecular weight is 607 g/mol. The summed E-state index contributed by atoms with van der Waals surface area (Å²) >= 11 is 6.54. The van der Waals surface area contributed by atoms with Crippen molar-refractivity contribution in [2.45, 2.75) is 95.9 Å². The maximum Gasteiger partial charge on any atom is 0.261 e. The third kappa shape index (κ3) is 3.89. The van der Waals surface area contributed by atoms with Crippen molar-refractivity contribution < 1.29 is 19.2 Å². The van der Waals surface area contributed by atoms with Crippen molar-refractivity contribution >= 4 is 70.7 Å². The molecular weight excluding hydrogens is 581 g/mol. The van der Waals surface area contributed by atoms with Crippen molar-refractivity contribution in [3.05, 3.63) is 55.0 Å². The number of fused-ring (bicyclic) bond motifs is 4. The Morgan fingerprint density at radius 1 is 0.450 bits per heavy atom. The molecule has 2 aromatic rings. The van der Waals surface area contributed by atoms with Gasteiger partial charge in [0.2, 0.25) is 0 Å². The van der Waals surface area contributed by atoms with E-state index in [4.69, 9.17) is 0 Å². The molecule has 2 saturated carbocycles. The summed E-state index contributed by atoms with van der Waals surface area (Å²) in [6.07, 6.45) is 10.2.